The molecule has 22 heavy (non-hydrogen) atoms. The fourth-order valence-corrected chi connectivity index (χ4v) is 2.76. The van der Waals surface area contributed by atoms with Gasteiger partial charge in [0.05, 0.1) is 28.9 Å². The minimum Gasteiger partial charge on any atom is -0.394 e. The molecule has 4 nitrogen and oxygen atoms in total. The van der Waals surface area contributed by atoms with E-state index in [1.807, 2.05) is 36.7 Å². The van der Waals surface area contributed by atoms with Gasteiger partial charge in [0.25, 0.3) is 0 Å². The molecule has 0 bridgehead atoms. The topological polar surface area (TPSA) is 50.1 Å². The summed E-state index contributed by atoms with van der Waals surface area (Å²) in [6.45, 7) is 7.43. The molecule has 0 spiro atoms. The summed E-state index contributed by atoms with van der Waals surface area (Å²) < 4.78 is 1.84. The van der Waals surface area contributed by atoms with Crippen molar-refractivity contribution in [3.63, 3.8) is 0 Å². The first-order chi connectivity index (χ1) is 10.4. The van der Waals surface area contributed by atoms with Gasteiger partial charge in [0.1, 0.15) is 0 Å². The van der Waals surface area contributed by atoms with Crippen LogP contribution in [0.15, 0.2) is 18.2 Å². The van der Waals surface area contributed by atoms with Gasteiger partial charge < -0.3 is 10.4 Å². The molecule has 2 rings (SSSR count). The van der Waals surface area contributed by atoms with Gasteiger partial charge in [-0.05, 0) is 38.5 Å². The number of rotatable bonds is 6. The van der Waals surface area contributed by atoms with E-state index < -0.39 is 0 Å². The first kappa shape index (κ1) is 17.3. The minimum atomic E-state index is 0.0918. The number of hydrogen-bond donors (Lipinski definition) is 2. The molecule has 0 saturated heterocycles. The lowest BCUT2D eigenvalue weighted by molar-refractivity contribution is 0.267. The van der Waals surface area contributed by atoms with Crippen LogP contribution in [0.25, 0.3) is 0 Å². The summed E-state index contributed by atoms with van der Waals surface area (Å²) in [7, 11) is 0. The number of aryl methyl sites for hydroxylation is 1. The van der Waals surface area contributed by atoms with Crippen LogP contribution in [0.4, 0.5) is 0 Å². The molecule has 1 aromatic carbocycles. The summed E-state index contributed by atoms with van der Waals surface area (Å²) in [5.41, 5.74) is 4.33. The van der Waals surface area contributed by atoms with Gasteiger partial charge in [0, 0.05) is 23.8 Å². The van der Waals surface area contributed by atoms with Gasteiger partial charge in [-0.3, -0.25) is 4.68 Å². The van der Waals surface area contributed by atoms with Crippen molar-refractivity contribution in [1.82, 2.24) is 15.1 Å². The number of nitrogens with one attached hydrogen (secondary N) is 1. The molecule has 6 heteroatoms. The Labute approximate surface area is 141 Å². The van der Waals surface area contributed by atoms with Crippen molar-refractivity contribution in [1.29, 1.82) is 0 Å². The fraction of sp³-hybridized carbons (Fsp3) is 0.438. The van der Waals surface area contributed by atoms with Gasteiger partial charge in [-0.2, -0.15) is 5.10 Å². The van der Waals surface area contributed by atoms with E-state index in [1.54, 1.807) is 0 Å². The van der Waals surface area contributed by atoms with Crippen LogP contribution in [0.1, 0.15) is 35.5 Å². The Hall–Kier alpha value is -1.07. The summed E-state index contributed by atoms with van der Waals surface area (Å²) >= 11 is 12.0. The monoisotopic (exact) mass is 341 g/mol. The molecule has 0 amide bonds. The quantitative estimate of drug-likeness (QED) is 0.843. The summed E-state index contributed by atoms with van der Waals surface area (Å²) in [6.07, 6.45) is 0. The van der Waals surface area contributed by atoms with Gasteiger partial charge in [-0.15, -0.1) is 0 Å². The van der Waals surface area contributed by atoms with Crippen molar-refractivity contribution in [2.75, 3.05) is 6.61 Å². The largest absolute Gasteiger partial charge is 0.394 e. The molecule has 0 aliphatic carbocycles. The molecule has 0 fully saturated rings. The van der Waals surface area contributed by atoms with Gasteiger partial charge in [0.15, 0.2) is 0 Å². The van der Waals surface area contributed by atoms with Gasteiger partial charge in [0.2, 0.25) is 0 Å². The first-order valence-electron chi connectivity index (χ1n) is 7.26. The number of nitrogens with zero attached hydrogens (tertiary/aromatic N) is 2. The van der Waals surface area contributed by atoms with E-state index in [4.69, 9.17) is 28.3 Å². The highest BCUT2D eigenvalue weighted by molar-refractivity contribution is 6.42. The molecule has 0 saturated carbocycles. The summed E-state index contributed by atoms with van der Waals surface area (Å²) in [5, 5.41) is 18.1. The standard InChI is InChI=1S/C16H21Cl2N3O/c1-10(13-4-5-15(17)16(18)8-13)19-9-14-11(2)20-21(6-7-22)12(14)3/h4-5,8,10,19,22H,6-7,9H2,1-3H3/t10-/m1/s1. The maximum atomic E-state index is 9.06. The second kappa shape index (κ2) is 7.47. The molecule has 1 heterocycles. The Bertz CT molecular complexity index is 655. The van der Waals surface area contributed by atoms with Crippen LogP contribution in [0.5, 0.6) is 0 Å². The molecule has 2 aromatic rings. The van der Waals surface area contributed by atoms with E-state index in [2.05, 4.69) is 17.3 Å². The molecular formula is C16H21Cl2N3O. The number of benzene rings is 1. The zero-order chi connectivity index (χ0) is 16.3. The van der Waals surface area contributed by atoms with E-state index in [9.17, 15) is 0 Å². The van der Waals surface area contributed by atoms with Crippen LogP contribution in [0.2, 0.25) is 10.0 Å². The predicted octanol–water partition coefficient (Wildman–Crippen LogP) is 3.65. The van der Waals surface area contributed by atoms with E-state index in [-0.39, 0.29) is 12.6 Å². The molecule has 0 unspecified atom stereocenters. The van der Waals surface area contributed by atoms with Crippen molar-refractivity contribution in [3.8, 4) is 0 Å². The van der Waals surface area contributed by atoms with Crippen molar-refractivity contribution in [3.05, 3.63) is 50.8 Å². The zero-order valence-electron chi connectivity index (χ0n) is 13.0. The molecule has 120 valence electrons. The van der Waals surface area contributed by atoms with Crippen LogP contribution in [-0.2, 0) is 13.1 Å². The minimum absolute atomic E-state index is 0.0918. The number of aliphatic hydroxyl groups excluding tert-OH is 1. The number of hydrogen-bond acceptors (Lipinski definition) is 3. The molecule has 0 radical (unpaired) electrons. The smallest absolute Gasteiger partial charge is 0.0644 e. The highest BCUT2D eigenvalue weighted by atomic mass is 35.5. The molecular weight excluding hydrogens is 321 g/mol. The number of halogens is 2. The van der Waals surface area contributed by atoms with Crippen LogP contribution in [-0.4, -0.2) is 21.5 Å². The highest BCUT2D eigenvalue weighted by Crippen LogP contribution is 2.26. The lowest BCUT2D eigenvalue weighted by Gasteiger charge is -2.15. The van der Waals surface area contributed by atoms with Crippen molar-refractivity contribution in [2.24, 2.45) is 0 Å². The van der Waals surface area contributed by atoms with E-state index in [0.717, 1.165) is 17.0 Å². The average molecular weight is 342 g/mol. The van der Waals surface area contributed by atoms with E-state index in [1.165, 1.54) is 5.56 Å². The Morgan fingerprint density at radius 1 is 1.27 bits per heavy atom. The Morgan fingerprint density at radius 3 is 2.64 bits per heavy atom. The SMILES string of the molecule is Cc1nn(CCO)c(C)c1CN[C@H](C)c1ccc(Cl)c(Cl)c1. The van der Waals surface area contributed by atoms with Crippen molar-refractivity contribution in [2.45, 2.75) is 39.9 Å². The zero-order valence-corrected chi connectivity index (χ0v) is 14.5. The molecule has 0 aliphatic heterocycles. The van der Waals surface area contributed by atoms with E-state index >= 15 is 0 Å². The Kier molecular flexibility index (Phi) is 5.87. The summed E-state index contributed by atoms with van der Waals surface area (Å²) in [4.78, 5) is 0. The summed E-state index contributed by atoms with van der Waals surface area (Å²) in [5.74, 6) is 0. The molecule has 0 aliphatic rings. The normalized spacial score (nSPS) is 12.6. The summed E-state index contributed by atoms with van der Waals surface area (Å²) in [6, 6.07) is 5.82. The Balaban J connectivity index is 2.07. The van der Waals surface area contributed by atoms with Crippen LogP contribution < -0.4 is 5.32 Å². The van der Waals surface area contributed by atoms with Crippen LogP contribution in [0.3, 0.4) is 0 Å². The van der Waals surface area contributed by atoms with Crippen molar-refractivity contribution < 1.29 is 5.11 Å². The average Bonchev–Trinajstić information content (AvgIpc) is 2.74. The second-order valence-electron chi connectivity index (χ2n) is 5.37. The highest BCUT2D eigenvalue weighted by Gasteiger charge is 2.13. The fourth-order valence-electron chi connectivity index (χ4n) is 2.46. The van der Waals surface area contributed by atoms with E-state index in [0.29, 0.717) is 23.1 Å². The third kappa shape index (κ3) is 3.82. The van der Waals surface area contributed by atoms with Crippen LogP contribution >= 0.6 is 23.2 Å². The Morgan fingerprint density at radius 2 is 2.00 bits per heavy atom. The third-order valence-corrected chi connectivity index (χ3v) is 4.61. The first-order valence-corrected chi connectivity index (χ1v) is 8.01. The predicted molar refractivity (Wildman–Crippen MR) is 90.5 cm³/mol. The van der Waals surface area contributed by atoms with Gasteiger partial charge in [-0.1, -0.05) is 29.3 Å². The maximum Gasteiger partial charge on any atom is 0.0644 e. The molecule has 2 N–H and O–H groups in total. The molecule has 1 aromatic heterocycles. The second-order valence-corrected chi connectivity index (χ2v) is 6.19. The van der Waals surface area contributed by atoms with Crippen LogP contribution in [0, 0.1) is 13.8 Å². The maximum absolute atomic E-state index is 9.06. The van der Waals surface area contributed by atoms with Crippen molar-refractivity contribution >= 4 is 23.2 Å². The van der Waals surface area contributed by atoms with Gasteiger partial charge in [-0.25, -0.2) is 0 Å². The molecule has 1 atom stereocenters. The van der Waals surface area contributed by atoms with Gasteiger partial charge >= 0.3 is 0 Å². The third-order valence-electron chi connectivity index (χ3n) is 3.87. The number of aromatic nitrogens is 2. The number of aliphatic hydroxyl groups is 1. The lowest BCUT2D eigenvalue weighted by atomic mass is 10.1. The lowest BCUT2D eigenvalue weighted by Crippen LogP contribution is -2.19.